The second-order valence-electron chi connectivity index (χ2n) is 4.26. The number of rotatable bonds is 8. The summed E-state index contributed by atoms with van der Waals surface area (Å²) in [5, 5.41) is 3.00. The Bertz CT molecular complexity index is 252. The van der Waals surface area contributed by atoms with Crippen molar-refractivity contribution in [1.82, 2.24) is 14.8 Å². The lowest BCUT2D eigenvalue weighted by molar-refractivity contribution is 0.507. The molecular weight excluding hydrogens is 214 g/mol. The molecule has 1 atom stereocenters. The molecule has 0 amide bonds. The van der Waals surface area contributed by atoms with Crippen LogP contribution < -0.4 is 14.8 Å². The first-order chi connectivity index (χ1) is 6.87. The van der Waals surface area contributed by atoms with Gasteiger partial charge in [-0.1, -0.05) is 20.8 Å². The predicted molar refractivity (Wildman–Crippen MR) is 62.9 cm³/mol. The van der Waals surface area contributed by atoms with Crippen molar-refractivity contribution in [3.8, 4) is 0 Å². The third kappa shape index (κ3) is 8.80. The van der Waals surface area contributed by atoms with Gasteiger partial charge in [0.2, 0.25) is 0 Å². The maximum absolute atomic E-state index is 11.4. The Hall–Kier alpha value is -0.170. The Morgan fingerprint density at radius 3 is 2.00 bits per heavy atom. The number of nitrogens with one attached hydrogen (secondary N) is 3. The zero-order valence-electron chi connectivity index (χ0n) is 10.0. The number of hydrogen-bond donors (Lipinski definition) is 3. The van der Waals surface area contributed by atoms with Gasteiger partial charge in [0.05, 0.1) is 0 Å². The molecule has 0 aliphatic rings. The van der Waals surface area contributed by atoms with Crippen LogP contribution in [0.3, 0.4) is 0 Å². The lowest BCUT2D eigenvalue weighted by atomic mass is 10.2. The van der Waals surface area contributed by atoms with Crippen LogP contribution in [0.25, 0.3) is 0 Å². The highest BCUT2D eigenvalue weighted by atomic mass is 32.2. The average Bonchev–Trinajstić information content (AvgIpc) is 2.13. The van der Waals surface area contributed by atoms with Crippen molar-refractivity contribution in [3.63, 3.8) is 0 Å². The summed E-state index contributed by atoms with van der Waals surface area (Å²) in [7, 11) is -1.47. The molecular formula is C9H23N3O2S. The van der Waals surface area contributed by atoms with E-state index in [1.54, 1.807) is 0 Å². The Labute approximate surface area is 93.2 Å². The maximum atomic E-state index is 11.4. The molecule has 0 radical (unpaired) electrons. The van der Waals surface area contributed by atoms with Crippen LogP contribution in [0.4, 0.5) is 0 Å². The second kappa shape index (κ2) is 7.16. The van der Waals surface area contributed by atoms with E-state index in [0.29, 0.717) is 19.0 Å². The molecule has 0 aliphatic carbocycles. The largest absolute Gasteiger partial charge is 0.319 e. The summed E-state index contributed by atoms with van der Waals surface area (Å²) in [6, 6.07) is 0. The first-order valence-corrected chi connectivity index (χ1v) is 6.74. The standard InChI is InChI=1S/C9H23N3O2S/c1-8(2)5-11-15(13,14)12-7-9(3)6-10-4/h8-12H,5-7H2,1-4H3. The van der Waals surface area contributed by atoms with Crippen LogP contribution in [0.1, 0.15) is 20.8 Å². The van der Waals surface area contributed by atoms with Crippen molar-refractivity contribution in [2.24, 2.45) is 11.8 Å². The fraction of sp³-hybridized carbons (Fsp3) is 1.00. The molecule has 15 heavy (non-hydrogen) atoms. The minimum absolute atomic E-state index is 0.283. The highest BCUT2D eigenvalue weighted by molar-refractivity contribution is 7.87. The van der Waals surface area contributed by atoms with E-state index in [9.17, 15) is 8.42 Å². The zero-order valence-corrected chi connectivity index (χ0v) is 10.8. The molecule has 6 heteroatoms. The van der Waals surface area contributed by atoms with Crippen molar-refractivity contribution in [3.05, 3.63) is 0 Å². The van der Waals surface area contributed by atoms with E-state index in [1.807, 2.05) is 27.8 Å². The molecule has 0 rings (SSSR count). The smallest absolute Gasteiger partial charge is 0.276 e. The van der Waals surface area contributed by atoms with Gasteiger partial charge in [-0.05, 0) is 25.4 Å². The van der Waals surface area contributed by atoms with Crippen LogP contribution in [-0.4, -0.2) is 35.1 Å². The lowest BCUT2D eigenvalue weighted by Gasteiger charge is -2.13. The molecule has 0 aliphatic heterocycles. The van der Waals surface area contributed by atoms with Crippen LogP contribution in [-0.2, 0) is 10.2 Å². The van der Waals surface area contributed by atoms with Gasteiger partial charge in [-0.15, -0.1) is 0 Å². The molecule has 0 aromatic rings. The average molecular weight is 237 g/mol. The van der Waals surface area contributed by atoms with E-state index in [4.69, 9.17) is 0 Å². The van der Waals surface area contributed by atoms with E-state index in [1.165, 1.54) is 0 Å². The van der Waals surface area contributed by atoms with Gasteiger partial charge in [0, 0.05) is 13.1 Å². The predicted octanol–water partition coefficient (Wildman–Crippen LogP) is -0.0781. The third-order valence-corrected chi connectivity index (χ3v) is 2.95. The first kappa shape index (κ1) is 14.8. The van der Waals surface area contributed by atoms with Crippen molar-refractivity contribution < 1.29 is 8.42 Å². The first-order valence-electron chi connectivity index (χ1n) is 5.26. The molecule has 0 saturated heterocycles. The monoisotopic (exact) mass is 237 g/mol. The summed E-state index contributed by atoms with van der Waals surface area (Å²) in [5.74, 6) is 0.599. The summed E-state index contributed by atoms with van der Waals surface area (Å²) in [6.45, 7) is 7.64. The fourth-order valence-corrected chi connectivity index (χ4v) is 2.16. The van der Waals surface area contributed by atoms with Crippen LogP contribution in [0.5, 0.6) is 0 Å². The minimum atomic E-state index is -3.32. The van der Waals surface area contributed by atoms with Gasteiger partial charge in [-0.25, -0.2) is 9.44 Å². The molecule has 0 aromatic carbocycles. The zero-order chi connectivity index (χ0) is 11.9. The van der Waals surface area contributed by atoms with Crippen LogP contribution in [0.15, 0.2) is 0 Å². The van der Waals surface area contributed by atoms with Crippen molar-refractivity contribution in [1.29, 1.82) is 0 Å². The van der Waals surface area contributed by atoms with Gasteiger partial charge >= 0.3 is 0 Å². The molecule has 0 heterocycles. The normalized spacial score (nSPS) is 14.5. The van der Waals surface area contributed by atoms with E-state index in [-0.39, 0.29) is 5.92 Å². The van der Waals surface area contributed by atoms with Crippen LogP contribution in [0.2, 0.25) is 0 Å². The summed E-state index contributed by atoms with van der Waals surface area (Å²) in [5.41, 5.74) is 0. The van der Waals surface area contributed by atoms with Gasteiger partial charge in [0.1, 0.15) is 0 Å². The molecule has 0 bridgehead atoms. The molecule has 0 fully saturated rings. The molecule has 0 saturated carbocycles. The molecule has 92 valence electrons. The third-order valence-electron chi connectivity index (χ3n) is 1.86. The quantitative estimate of drug-likeness (QED) is 0.553. The highest BCUT2D eigenvalue weighted by Gasteiger charge is 2.11. The Kier molecular flexibility index (Phi) is 7.08. The molecule has 5 nitrogen and oxygen atoms in total. The van der Waals surface area contributed by atoms with E-state index >= 15 is 0 Å². The number of hydrogen-bond acceptors (Lipinski definition) is 3. The summed E-state index contributed by atoms with van der Waals surface area (Å²) >= 11 is 0. The Morgan fingerprint density at radius 2 is 1.53 bits per heavy atom. The molecule has 1 unspecified atom stereocenters. The summed E-state index contributed by atoms with van der Waals surface area (Å²) < 4.78 is 27.8. The van der Waals surface area contributed by atoms with Gasteiger partial charge < -0.3 is 5.32 Å². The molecule has 0 spiro atoms. The van der Waals surface area contributed by atoms with Gasteiger partial charge in [0.25, 0.3) is 10.2 Å². The molecule has 0 aromatic heterocycles. The molecule has 3 N–H and O–H groups in total. The van der Waals surface area contributed by atoms with Gasteiger partial charge in [-0.3, -0.25) is 0 Å². The van der Waals surface area contributed by atoms with Gasteiger partial charge in [0.15, 0.2) is 0 Å². The topological polar surface area (TPSA) is 70.2 Å². The highest BCUT2D eigenvalue weighted by Crippen LogP contribution is 1.92. The van der Waals surface area contributed by atoms with E-state index < -0.39 is 10.2 Å². The minimum Gasteiger partial charge on any atom is -0.319 e. The fourth-order valence-electron chi connectivity index (χ4n) is 1.00. The SMILES string of the molecule is CNCC(C)CNS(=O)(=O)NCC(C)C. The Morgan fingerprint density at radius 1 is 1.00 bits per heavy atom. The summed E-state index contributed by atoms with van der Waals surface area (Å²) in [4.78, 5) is 0. The second-order valence-corrected chi connectivity index (χ2v) is 5.84. The van der Waals surface area contributed by atoms with Gasteiger partial charge in [-0.2, -0.15) is 8.42 Å². The van der Waals surface area contributed by atoms with Crippen LogP contribution >= 0.6 is 0 Å². The Balaban J connectivity index is 3.83. The summed E-state index contributed by atoms with van der Waals surface area (Å²) in [6.07, 6.45) is 0. The van der Waals surface area contributed by atoms with Crippen molar-refractivity contribution >= 4 is 10.2 Å². The maximum Gasteiger partial charge on any atom is 0.276 e. The lowest BCUT2D eigenvalue weighted by Crippen LogP contribution is -2.41. The van der Waals surface area contributed by atoms with Crippen LogP contribution in [0, 0.1) is 11.8 Å². The van der Waals surface area contributed by atoms with E-state index in [2.05, 4.69) is 14.8 Å². The van der Waals surface area contributed by atoms with Crippen molar-refractivity contribution in [2.75, 3.05) is 26.7 Å². The van der Waals surface area contributed by atoms with E-state index in [0.717, 1.165) is 6.54 Å². The van der Waals surface area contributed by atoms with Crippen molar-refractivity contribution in [2.45, 2.75) is 20.8 Å².